The minimum absolute atomic E-state index is 0.228. The second kappa shape index (κ2) is 8.92. The van der Waals surface area contributed by atoms with Crippen LogP contribution < -0.4 is 20.8 Å². The van der Waals surface area contributed by atoms with E-state index in [0.717, 1.165) is 22.1 Å². The molecule has 1 aliphatic heterocycles. The highest BCUT2D eigenvalue weighted by Crippen LogP contribution is 2.33. The fourth-order valence-electron chi connectivity index (χ4n) is 3.78. The Morgan fingerprint density at radius 3 is 2.52 bits per heavy atom. The minimum atomic E-state index is -3.62. The topological polar surface area (TPSA) is 85.5 Å². The fraction of sp³-hybridized carbons (Fsp3) is 0.333. The third-order valence-electron chi connectivity index (χ3n) is 5.49. The molecule has 0 bridgehead atoms. The molecule has 2 aromatic carbocycles. The highest BCUT2D eigenvalue weighted by molar-refractivity contribution is 5.95. The molecule has 3 atom stereocenters. The number of methoxy groups -OCH3 is 1. The van der Waals surface area contributed by atoms with Gasteiger partial charge >= 0.3 is 6.29 Å². The number of halogens is 2. The first-order chi connectivity index (χ1) is 15.8. The Balaban J connectivity index is 0.00000126. The molecule has 0 spiro atoms. The molecule has 2 N–H and O–H groups in total. The van der Waals surface area contributed by atoms with Crippen molar-refractivity contribution in [3.8, 4) is 5.75 Å². The summed E-state index contributed by atoms with van der Waals surface area (Å²) in [4.78, 5) is 20.0. The van der Waals surface area contributed by atoms with E-state index in [4.69, 9.17) is 4.74 Å². The summed E-state index contributed by atoms with van der Waals surface area (Å²) in [6.45, 7) is 5.80. The Kier molecular flexibility index (Phi) is 6.18. The molecule has 7 nitrogen and oxygen atoms in total. The summed E-state index contributed by atoms with van der Waals surface area (Å²) in [5.74, 6) is 0.307. The molecular weight excluding hydrogens is 432 g/mol. The van der Waals surface area contributed by atoms with Crippen LogP contribution in [0.1, 0.15) is 32.3 Å². The van der Waals surface area contributed by atoms with E-state index in [1.807, 2.05) is 50.2 Å². The van der Waals surface area contributed by atoms with Crippen LogP contribution in [0.2, 0.25) is 0 Å². The van der Waals surface area contributed by atoms with Gasteiger partial charge in [-0.25, -0.2) is 4.98 Å². The van der Waals surface area contributed by atoms with Gasteiger partial charge in [0.2, 0.25) is 11.9 Å². The number of carbonyl (C=O) groups excluding carboxylic acids is 1. The predicted molar refractivity (Wildman–Crippen MR) is 120 cm³/mol. The van der Waals surface area contributed by atoms with Crippen LogP contribution in [0.3, 0.4) is 0 Å². The molecule has 2 heterocycles. The van der Waals surface area contributed by atoms with E-state index in [9.17, 15) is 13.6 Å². The van der Waals surface area contributed by atoms with Crippen molar-refractivity contribution >= 4 is 34.8 Å². The molecule has 2 aliphatic rings. The van der Waals surface area contributed by atoms with Crippen LogP contribution in [0.15, 0.2) is 36.4 Å². The van der Waals surface area contributed by atoms with E-state index in [-0.39, 0.29) is 11.9 Å². The van der Waals surface area contributed by atoms with Gasteiger partial charge in [0.25, 0.3) is 0 Å². The summed E-state index contributed by atoms with van der Waals surface area (Å²) in [7, 11) is 1.62. The summed E-state index contributed by atoms with van der Waals surface area (Å²) >= 11 is 0. The quantitative estimate of drug-likeness (QED) is 0.628. The van der Waals surface area contributed by atoms with Crippen LogP contribution in [0.5, 0.6) is 5.75 Å². The first-order valence-electron chi connectivity index (χ1n) is 10.7. The summed E-state index contributed by atoms with van der Waals surface area (Å²) in [6, 6.07) is 11.6. The molecule has 1 aliphatic carbocycles. The average molecular weight is 457 g/mol. The number of amides is 1. The molecule has 1 amide bonds. The molecule has 3 unspecified atom stereocenters. The van der Waals surface area contributed by atoms with Gasteiger partial charge < -0.3 is 9.72 Å². The van der Waals surface area contributed by atoms with E-state index in [0.29, 0.717) is 10.7 Å². The first kappa shape index (κ1) is 22.9. The second-order valence-corrected chi connectivity index (χ2v) is 7.53. The lowest BCUT2D eigenvalue weighted by Crippen LogP contribution is -2.36. The van der Waals surface area contributed by atoms with Crippen molar-refractivity contribution in [2.24, 2.45) is 0 Å². The number of H-pyrrole nitrogens is 1. The zero-order valence-electron chi connectivity index (χ0n) is 18.7. The molecule has 174 valence electrons. The van der Waals surface area contributed by atoms with E-state index < -0.39 is 24.4 Å². The largest absolute Gasteiger partial charge is 0.497 e. The molecular formula is C24H25F2N3O4. The lowest BCUT2D eigenvalue weighted by molar-refractivity contribution is -0.346. The van der Waals surface area contributed by atoms with Gasteiger partial charge in [-0.2, -0.15) is 0 Å². The Morgan fingerprint density at radius 1 is 1.12 bits per heavy atom. The van der Waals surface area contributed by atoms with Gasteiger partial charge in [0.1, 0.15) is 18.0 Å². The third kappa shape index (κ3) is 4.60. The standard InChI is InChI=1S/C22H19F2N3O4.C2H6/c1-11(12-3-4-14-8-15(29-2)6-5-13(14)7-12)20(28)27-21-25-16-9-18-19(10-17(16)26-21)31-22(23,24)30-18;1-2/h3-11,18-19H,1-2H3,(H2,25,26,27,28);1-2H3. The van der Waals surface area contributed by atoms with Crippen LogP contribution in [0.4, 0.5) is 14.7 Å². The summed E-state index contributed by atoms with van der Waals surface area (Å²) < 4.78 is 40.8. The predicted octanol–water partition coefficient (Wildman–Crippen LogP) is 3.25. The lowest BCUT2D eigenvalue weighted by atomic mass is 9.97. The number of hydrogen-bond acceptors (Lipinski definition) is 5. The number of aromatic nitrogens is 2. The van der Waals surface area contributed by atoms with E-state index in [1.165, 1.54) is 12.2 Å². The third-order valence-corrected chi connectivity index (χ3v) is 5.49. The Morgan fingerprint density at radius 2 is 1.79 bits per heavy atom. The number of carbonyl (C=O) groups is 1. The van der Waals surface area contributed by atoms with Gasteiger partial charge in [-0.05, 0) is 47.5 Å². The molecule has 5 rings (SSSR count). The van der Waals surface area contributed by atoms with Crippen LogP contribution >= 0.6 is 0 Å². The van der Waals surface area contributed by atoms with Crippen molar-refractivity contribution in [1.29, 1.82) is 0 Å². The number of nitrogens with one attached hydrogen (secondary N) is 2. The van der Waals surface area contributed by atoms with Crippen molar-refractivity contribution in [1.82, 2.24) is 9.97 Å². The molecule has 3 aromatic rings. The smallest absolute Gasteiger partial charge is 0.486 e. The van der Waals surface area contributed by atoms with Crippen molar-refractivity contribution < 1.29 is 27.8 Å². The lowest BCUT2D eigenvalue weighted by Gasteiger charge is -2.12. The van der Waals surface area contributed by atoms with E-state index in [1.54, 1.807) is 14.0 Å². The number of aromatic amines is 1. The maximum Gasteiger partial charge on any atom is 0.486 e. The van der Waals surface area contributed by atoms with Crippen LogP contribution in [-0.4, -0.2) is 41.5 Å². The number of anilines is 1. The van der Waals surface area contributed by atoms with E-state index >= 15 is 0 Å². The number of fused-ring (bicyclic) bond motifs is 3. The number of nitrogens with zero attached hydrogens (tertiary/aromatic N) is 1. The molecule has 33 heavy (non-hydrogen) atoms. The zero-order valence-corrected chi connectivity index (χ0v) is 18.7. The zero-order chi connectivity index (χ0) is 23.8. The normalized spacial score (nSPS) is 20.9. The van der Waals surface area contributed by atoms with Gasteiger partial charge in [-0.3, -0.25) is 19.6 Å². The highest BCUT2D eigenvalue weighted by Gasteiger charge is 2.48. The Labute approximate surface area is 189 Å². The minimum Gasteiger partial charge on any atom is -0.497 e. The number of benzene rings is 2. The number of alkyl halides is 2. The number of imidazole rings is 1. The number of hydrogen-bond donors (Lipinski definition) is 2. The van der Waals surface area contributed by atoms with Crippen LogP contribution in [-0.2, 0) is 14.3 Å². The molecule has 1 saturated heterocycles. The second-order valence-electron chi connectivity index (χ2n) is 7.53. The van der Waals surface area contributed by atoms with Crippen molar-refractivity contribution in [2.45, 2.75) is 45.2 Å². The maximum absolute atomic E-state index is 13.2. The van der Waals surface area contributed by atoms with Crippen LogP contribution in [0, 0.1) is 0 Å². The molecule has 1 aromatic heterocycles. The van der Waals surface area contributed by atoms with Gasteiger partial charge in [0.15, 0.2) is 0 Å². The van der Waals surface area contributed by atoms with Crippen LogP contribution in [0.25, 0.3) is 22.9 Å². The summed E-state index contributed by atoms with van der Waals surface area (Å²) in [5.41, 5.74) is 0.850. The van der Waals surface area contributed by atoms with Gasteiger partial charge in [-0.1, -0.05) is 38.1 Å². The average Bonchev–Trinajstić information content (AvgIpc) is 3.33. The molecule has 1 fully saturated rings. The first-order valence-corrected chi connectivity index (χ1v) is 10.7. The molecule has 0 saturated carbocycles. The number of rotatable bonds is 4. The van der Waals surface area contributed by atoms with E-state index in [2.05, 4.69) is 24.8 Å². The number of ether oxygens (including phenoxy) is 3. The highest BCUT2D eigenvalue weighted by atomic mass is 19.3. The van der Waals surface area contributed by atoms with Crippen molar-refractivity contribution in [2.75, 3.05) is 12.4 Å². The van der Waals surface area contributed by atoms with Gasteiger partial charge in [-0.15, -0.1) is 8.78 Å². The Bertz CT molecular complexity index is 1260. The van der Waals surface area contributed by atoms with Crippen molar-refractivity contribution in [3.63, 3.8) is 0 Å². The summed E-state index contributed by atoms with van der Waals surface area (Å²) in [6.07, 6.45) is -2.53. The monoisotopic (exact) mass is 457 g/mol. The fourth-order valence-corrected chi connectivity index (χ4v) is 3.78. The van der Waals surface area contributed by atoms with Gasteiger partial charge in [0, 0.05) is 0 Å². The van der Waals surface area contributed by atoms with Gasteiger partial charge in [0.05, 0.1) is 23.7 Å². The molecule has 9 heteroatoms. The maximum atomic E-state index is 13.2. The molecule has 0 radical (unpaired) electrons. The summed E-state index contributed by atoms with van der Waals surface area (Å²) in [5, 5.41) is 5.68. The SMILES string of the molecule is CC.COc1ccc2cc(C(C)C(=O)Nc3nc4c([nH]3)=CC3OC(F)(F)OC3C=4)ccc2c1. The van der Waals surface area contributed by atoms with Crippen molar-refractivity contribution in [3.05, 3.63) is 52.7 Å². The Hall–Kier alpha value is -3.30.